The molecule has 0 atom stereocenters. The number of quaternary nitrogens is 1. The fraction of sp³-hybridized carbons (Fsp3) is 0.292. The highest BCUT2D eigenvalue weighted by molar-refractivity contribution is 5.95. The molecule has 0 radical (unpaired) electrons. The average molecular weight is 391 g/mol. The molecule has 1 N–H and O–H groups in total. The number of rotatable bonds is 5. The number of hydrogen-bond acceptors (Lipinski definition) is 3. The summed E-state index contributed by atoms with van der Waals surface area (Å²) in [5.74, 6) is 1.27. The third-order valence-electron chi connectivity index (χ3n) is 5.71. The summed E-state index contributed by atoms with van der Waals surface area (Å²) in [5.41, 5.74) is 2.01. The first kappa shape index (κ1) is 19.3. The molecule has 1 amide bonds. The number of carbonyl (C=O) groups excluding carboxylic acids is 1. The van der Waals surface area contributed by atoms with Crippen molar-refractivity contribution in [2.45, 2.75) is 6.54 Å². The first-order valence-corrected chi connectivity index (χ1v) is 10.0. The molecule has 5 nitrogen and oxygen atoms in total. The van der Waals surface area contributed by atoms with Gasteiger partial charge in [0, 0.05) is 11.1 Å². The van der Waals surface area contributed by atoms with Crippen molar-refractivity contribution in [3.05, 3.63) is 71.8 Å². The van der Waals surface area contributed by atoms with Crippen molar-refractivity contribution >= 4 is 16.7 Å². The van der Waals surface area contributed by atoms with E-state index in [1.165, 1.54) is 21.2 Å². The summed E-state index contributed by atoms with van der Waals surface area (Å²) in [5, 5.41) is 2.61. The minimum Gasteiger partial charge on any atom is -0.493 e. The van der Waals surface area contributed by atoms with E-state index in [4.69, 9.17) is 9.47 Å². The van der Waals surface area contributed by atoms with Gasteiger partial charge in [-0.3, -0.25) is 4.79 Å². The van der Waals surface area contributed by atoms with E-state index in [0.717, 1.165) is 32.7 Å². The molecule has 0 saturated carbocycles. The van der Waals surface area contributed by atoms with Crippen molar-refractivity contribution in [1.29, 1.82) is 0 Å². The van der Waals surface area contributed by atoms with Gasteiger partial charge in [-0.15, -0.1) is 0 Å². The number of hydrogen-bond donors (Lipinski definition) is 1. The van der Waals surface area contributed by atoms with Crippen molar-refractivity contribution < 1.29 is 19.2 Å². The zero-order valence-corrected chi connectivity index (χ0v) is 17.0. The van der Waals surface area contributed by atoms with Crippen LogP contribution in [-0.4, -0.2) is 51.2 Å². The predicted octanol–water partition coefficient (Wildman–Crippen LogP) is 2.40. The number of nitrogens with zero attached hydrogens (tertiary/aromatic N) is 1. The second-order valence-electron chi connectivity index (χ2n) is 7.43. The Morgan fingerprint density at radius 2 is 1.66 bits per heavy atom. The van der Waals surface area contributed by atoms with Gasteiger partial charge in [-0.2, -0.15) is 0 Å². The summed E-state index contributed by atoms with van der Waals surface area (Å²) in [4.78, 5) is 16.4. The zero-order valence-electron chi connectivity index (χ0n) is 17.0. The lowest BCUT2D eigenvalue weighted by Crippen LogP contribution is -3.13. The van der Waals surface area contributed by atoms with Crippen LogP contribution in [0.5, 0.6) is 11.5 Å². The summed E-state index contributed by atoms with van der Waals surface area (Å²) in [6.07, 6.45) is 0. The van der Waals surface area contributed by atoms with Crippen LogP contribution in [0.15, 0.2) is 60.7 Å². The third-order valence-corrected chi connectivity index (χ3v) is 5.71. The van der Waals surface area contributed by atoms with E-state index >= 15 is 0 Å². The van der Waals surface area contributed by atoms with E-state index in [0.29, 0.717) is 17.1 Å². The minimum atomic E-state index is 0.0511. The Morgan fingerprint density at radius 1 is 0.931 bits per heavy atom. The SMILES string of the molecule is COc1ccc(C(=O)N2CC[NH+](Cc3cccc4ccccc34)CC2)cc1OC. The van der Waals surface area contributed by atoms with Gasteiger partial charge < -0.3 is 19.3 Å². The normalized spacial score (nSPS) is 14.8. The second kappa shape index (κ2) is 8.53. The maximum atomic E-state index is 12.9. The van der Waals surface area contributed by atoms with Crippen LogP contribution in [0.25, 0.3) is 10.8 Å². The summed E-state index contributed by atoms with van der Waals surface area (Å²) in [7, 11) is 3.18. The molecular formula is C24H27N2O3+. The maximum Gasteiger partial charge on any atom is 0.254 e. The highest BCUT2D eigenvalue weighted by Gasteiger charge is 2.25. The predicted molar refractivity (Wildman–Crippen MR) is 114 cm³/mol. The van der Waals surface area contributed by atoms with Crippen molar-refractivity contribution in [3.63, 3.8) is 0 Å². The Labute approximate surface area is 171 Å². The van der Waals surface area contributed by atoms with Gasteiger partial charge in [-0.25, -0.2) is 0 Å². The van der Waals surface area contributed by atoms with Gasteiger partial charge in [0.1, 0.15) is 6.54 Å². The lowest BCUT2D eigenvalue weighted by molar-refractivity contribution is -0.917. The Kier molecular flexibility index (Phi) is 5.67. The fourth-order valence-corrected chi connectivity index (χ4v) is 4.07. The van der Waals surface area contributed by atoms with Crippen LogP contribution in [0.2, 0.25) is 0 Å². The number of ether oxygens (including phenoxy) is 2. The van der Waals surface area contributed by atoms with Crippen LogP contribution in [0, 0.1) is 0 Å². The average Bonchev–Trinajstić information content (AvgIpc) is 2.79. The lowest BCUT2D eigenvalue weighted by Gasteiger charge is -2.32. The minimum absolute atomic E-state index is 0.0511. The van der Waals surface area contributed by atoms with Gasteiger partial charge in [-0.05, 0) is 29.0 Å². The van der Waals surface area contributed by atoms with Gasteiger partial charge >= 0.3 is 0 Å². The molecule has 5 heteroatoms. The molecule has 1 heterocycles. The number of carbonyl (C=O) groups is 1. The van der Waals surface area contributed by atoms with Crippen LogP contribution in [-0.2, 0) is 6.54 Å². The van der Waals surface area contributed by atoms with Crippen molar-refractivity contribution in [2.24, 2.45) is 0 Å². The molecule has 3 aromatic carbocycles. The molecular weight excluding hydrogens is 364 g/mol. The molecule has 150 valence electrons. The Morgan fingerprint density at radius 3 is 2.41 bits per heavy atom. The molecule has 1 fully saturated rings. The van der Waals surface area contributed by atoms with Gasteiger partial charge in [-0.1, -0.05) is 42.5 Å². The van der Waals surface area contributed by atoms with Crippen LogP contribution in [0.1, 0.15) is 15.9 Å². The molecule has 1 aliphatic heterocycles. The van der Waals surface area contributed by atoms with Crippen LogP contribution >= 0.6 is 0 Å². The fourth-order valence-electron chi connectivity index (χ4n) is 4.07. The molecule has 0 unspecified atom stereocenters. The van der Waals surface area contributed by atoms with E-state index in [1.807, 2.05) is 4.90 Å². The van der Waals surface area contributed by atoms with Crippen molar-refractivity contribution in [1.82, 2.24) is 4.90 Å². The molecule has 0 aromatic heterocycles. The highest BCUT2D eigenvalue weighted by Crippen LogP contribution is 2.28. The topological polar surface area (TPSA) is 43.2 Å². The number of fused-ring (bicyclic) bond motifs is 1. The largest absolute Gasteiger partial charge is 0.493 e. The standard InChI is InChI=1S/C24H26N2O3/c1-28-22-11-10-19(16-23(22)29-2)24(27)26-14-12-25(13-15-26)17-20-8-5-7-18-6-3-4-9-21(18)20/h3-11,16H,12-15,17H2,1-2H3/p+1. The van der Waals surface area contributed by atoms with Gasteiger partial charge in [0.15, 0.2) is 11.5 Å². The van der Waals surface area contributed by atoms with Crippen molar-refractivity contribution in [3.8, 4) is 11.5 Å². The van der Waals surface area contributed by atoms with E-state index < -0.39 is 0 Å². The monoisotopic (exact) mass is 391 g/mol. The number of amides is 1. The van der Waals surface area contributed by atoms with E-state index in [9.17, 15) is 4.79 Å². The quantitative estimate of drug-likeness (QED) is 0.726. The highest BCUT2D eigenvalue weighted by atomic mass is 16.5. The van der Waals surface area contributed by atoms with Crippen LogP contribution in [0.4, 0.5) is 0 Å². The Bertz CT molecular complexity index is 1000. The van der Waals surface area contributed by atoms with E-state index in [-0.39, 0.29) is 5.91 Å². The molecule has 4 rings (SSSR count). The molecule has 1 aliphatic rings. The Balaban J connectivity index is 1.41. The lowest BCUT2D eigenvalue weighted by atomic mass is 10.0. The Hall–Kier alpha value is -3.05. The van der Waals surface area contributed by atoms with Gasteiger partial charge in [0.05, 0.1) is 40.4 Å². The third kappa shape index (κ3) is 4.05. The molecule has 29 heavy (non-hydrogen) atoms. The van der Waals surface area contributed by atoms with Gasteiger partial charge in [0.25, 0.3) is 5.91 Å². The van der Waals surface area contributed by atoms with E-state index in [1.54, 1.807) is 32.4 Å². The molecule has 0 bridgehead atoms. The zero-order chi connectivity index (χ0) is 20.2. The number of piperazine rings is 1. The number of nitrogens with one attached hydrogen (secondary N) is 1. The summed E-state index contributed by atoms with van der Waals surface area (Å²) < 4.78 is 10.6. The van der Waals surface area contributed by atoms with Crippen LogP contribution in [0.3, 0.4) is 0 Å². The van der Waals surface area contributed by atoms with Gasteiger partial charge in [0.2, 0.25) is 0 Å². The molecule has 1 saturated heterocycles. The maximum absolute atomic E-state index is 12.9. The second-order valence-corrected chi connectivity index (χ2v) is 7.43. The van der Waals surface area contributed by atoms with Crippen LogP contribution < -0.4 is 14.4 Å². The number of benzene rings is 3. The first-order valence-electron chi connectivity index (χ1n) is 10.0. The summed E-state index contributed by atoms with van der Waals surface area (Å²) in [6, 6.07) is 20.4. The summed E-state index contributed by atoms with van der Waals surface area (Å²) in [6.45, 7) is 4.39. The van der Waals surface area contributed by atoms with Crippen molar-refractivity contribution in [2.75, 3.05) is 40.4 Å². The molecule has 0 spiro atoms. The van der Waals surface area contributed by atoms with E-state index in [2.05, 4.69) is 42.5 Å². The summed E-state index contributed by atoms with van der Waals surface area (Å²) >= 11 is 0. The molecule has 3 aromatic rings. The first-order chi connectivity index (χ1) is 14.2. The smallest absolute Gasteiger partial charge is 0.254 e. The number of methoxy groups -OCH3 is 2. The molecule has 0 aliphatic carbocycles.